The molecule has 5 heteroatoms. The van der Waals surface area contributed by atoms with Crippen molar-refractivity contribution >= 4 is 5.91 Å². The zero-order chi connectivity index (χ0) is 17.1. The fourth-order valence-corrected chi connectivity index (χ4v) is 3.20. The van der Waals surface area contributed by atoms with E-state index in [2.05, 4.69) is 27.4 Å². The molecule has 1 N–H and O–H groups in total. The first-order valence-electron chi connectivity index (χ1n) is 8.61. The number of rotatable bonds is 5. The smallest absolute Gasteiger partial charge is 0.253 e. The molecule has 1 amide bonds. The lowest BCUT2D eigenvalue weighted by Gasteiger charge is -2.34. The van der Waals surface area contributed by atoms with Crippen molar-refractivity contribution < 1.29 is 4.79 Å². The standard InChI is InChI=1S/C20H20N4O/c25-20(17-9-10-18(22-13-17)24-12-11-21-14-24)23-19(16-7-4-8-16)15-5-2-1-3-6-15/h1-3,5-6,9-14,16,19H,4,7-8H2,(H,23,25). The largest absolute Gasteiger partial charge is 0.345 e. The number of imidazole rings is 1. The summed E-state index contributed by atoms with van der Waals surface area (Å²) in [6, 6.07) is 13.9. The van der Waals surface area contributed by atoms with Crippen LogP contribution in [0, 0.1) is 5.92 Å². The number of hydrogen-bond donors (Lipinski definition) is 1. The number of carbonyl (C=O) groups is 1. The summed E-state index contributed by atoms with van der Waals surface area (Å²) in [5.74, 6) is 1.18. The van der Waals surface area contributed by atoms with Crippen LogP contribution in [-0.2, 0) is 0 Å². The van der Waals surface area contributed by atoms with Gasteiger partial charge in [0, 0.05) is 18.6 Å². The zero-order valence-electron chi connectivity index (χ0n) is 13.9. The van der Waals surface area contributed by atoms with Crippen molar-refractivity contribution in [1.29, 1.82) is 0 Å². The van der Waals surface area contributed by atoms with Crippen molar-refractivity contribution in [3.8, 4) is 5.82 Å². The van der Waals surface area contributed by atoms with Crippen molar-refractivity contribution in [3.05, 3.63) is 78.5 Å². The molecule has 5 nitrogen and oxygen atoms in total. The molecule has 1 atom stereocenters. The third-order valence-electron chi connectivity index (χ3n) is 4.85. The monoisotopic (exact) mass is 332 g/mol. The molecule has 1 unspecified atom stereocenters. The number of nitrogens with zero attached hydrogens (tertiary/aromatic N) is 3. The second-order valence-electron chi connectivity index (χ2n) is 6.43. The molecule has 2 heterocycles. The SMILES string of the molecule is O=C(NC(c1ccccc1)C1CCC1)c1ccc(-n2ccnc2)nc1. The molecule has 0 bridgehead atoms. The zero-order valence-corrected chi connectivity index (χ0v) is 13.9. The number of nitrogens with one attached hydrogen (secondary N) is 1. The Morgan fingerprint density at radius 3 is 2.60 bits per heavy atom. The third-order valence-corrected chi connectivity index (χ3v) is 4.85. The van der Waals surface area contributed by atoms with E-state index in [9.17, 15) is 4.79 Å². The van der Waals surface area contributed by atoms with Gasteiger partial charge in [0.25, 0.3) is 5.91 Å². The quantitative estimate of drug-likeness (QED) is 0.777. The molecule has 1 saturated carbocycles. The van der Waals surface area contributed by atoms with Crippen LogP contribution in [-0.4, -0.2) is 20.4 Å². The van der Waals surface area contributed by atoms with Crippen LogP contribution in [0.2, 0.25) is 0 Å². The van der Waals surface area contributed by atoms with Gasteiger partial charge in [0.15, 0.2) is 0 Å². The van der Waals surface area contributed by atoms with Gasteiger partial charge in [-0.15, -0.1) is 0 Å². The molecule has 1 fully saturated rings. The van der Waals surface area contributed by atoms with Crippen LogP contribution in [0.1, 0.15) is 41.2 Å². The lowest BCUT2D eigenvalue weighted by molar-refractivity contribution is 0.0900. The Bertz CT molecular complexity index is 824. The van der Waals surface area contributed by atoms with Crippen LogP contribution in [0.3, 0.4) is 0 Å². The van der Waals surface area contributed by atoms with Gasteiger partial charge in [-0.2, -0.15) is 0 Å². The van der Waals surface area contributed by atoms with Crippen LogP contribution in [0.25, 0.3) is 5.82 Å². The van der Waals surface area contributed by atoms with E-state index in [1.54, 1.807) is 24.8 Å². The minimum atomic E-state index is -0.0783. The highest BCUT2D eigenvalue weighted by molar-refractivity contribution is 5.94. The number of amides is 1. The highest BCUT2D eigenvalue weighted by Gasteiger charge is 2.29. The van der Waals surface area contributed by atoms with E-state index in [1.165, 1.54) is 12.0 Å². The van der Waals surface area contributed by atoms with Gasteiger partial charge < -0.3 is 5.32 Å². The Hall–Kier alpha value is -2.95. The number of carbonyl (C=O) groups excluding carboxylic acids is 1. The molecule has 126 valence electrons. The molecule has 2 aromatic heterocycles. The van der Waals surface area contributed by atoms with Crippen molar-refractivity contribution in [2.75, 3.05) is 0 Å². The van der Waals surface area contributed by atoms with Crippen molar-refractivity contribution in [1.82, 2.24) is 19.9 Å². The van der Waals surface area contributed by atoms with Gasteiger partial charge in [-0.1, -0.05) is 36.8 Å². The molecule has 4 rings (SSSR count). The van der Waals surface area contributed by atoms with Gasteiger partial charge in [-0.05, 0) is 36.5 Å². The highest BCUT2D eigenvalue weighted by atomic mass is 16.1. The van der Waals surface area contributed by atoms with Crippen molar-refractivity contribution in [3.63, 3.8) is 0 Å². The first-order chi connectivity index (χ1) is 12.3. The van der Waals surface area contributed by atoms with Crippen LogP contribution < -0.4 is 5.32 Å². The van der Waals surface area contributed by atoms with Gasteiger partial charge >= 0.3 is 0 Å². The van der Waals surface area contributed by atoms with Gasteiger partial charge in [0.2, 0.25) is 0 Å². The molecule has 0 radical (unpaired) electrons. The van der Waals surface area contributed by atoms with Crippen LogP contribution in [0.15, 0.2) is 67.4 Å². The second kappa shape index (κ2) is 6.89. The Morgan fingerprint density at radius 1 is 1.16 bits per heavy atom. The molecule has 0 saturated heterocycles. The van der Waals surface area contributed by atoms with E-state index in [1.807, 2.05) is 35.0 Å². The molecular formula is C20H20N4O. The van der Waals surface area contributed by atoms with Gasteiger partial charge in [0.05, 0.1) is 11.6 Å². The predicted octanol–water partition coefficient (Wildman–Crippen LogP) is 3.54. The summed E-state index contributed by atoms with van der Waals surface area (Å²) in [5, 5.41) is 3.21. The summed E-state index contributed by atoms with van der Waals surface area (Å²) in [7, 11) is 0. The Balaban J connectivity index is 1.51. The van der Waals surface area contributed by atoms with Crippen LogP contribution >= 0.6 is 0 Å². The molecule has 0 spiro atoms. The third kappa shape index (κ3) is 3.31. The number of benzene rings is 1. The maximum Gasteiger partial charge on any atom is 0.253 e. The average molecular weight is 332 g/mol. The van der Waals surface area contributed by atoms with Gasteiger partial charge in [-0.25, -0.2) is 9.97 Å². The Kier molecular flexibility index (Phi) is 4.29. The molecular weight excluding hydrogens is 312 g/mol. The minimum absolute atomic E-state index is 0.0655. The number of pyridine rings is 1. The molecule has 3 aromatic rings. The molecule has 25 heavy (non-hydrogen) atoms. The molecule has 0 aliphatic heterocycles. The molecule has 1 aliphatic rings. The van der Waals surface area contributed by atoms with Gasteiger partial charge in [0.1, 0.15) is 12.1 Å². The first-order valence-corrected chi connectivity index (χ1v) is 8.61. The normalized spacial score (nSPS) is 15.4. The summed E-state index contributed by atoms with van der Waals surface area (Å²) in [5.41, 5.74) is 1.74. The summed E-state index contributed by atoms with van der Waals surface area (Å²) in [6.07, 6.45) is 10.4. The van der Waals surface area contributed by atoms with Crippen molar-refractivity contribution in [2.45, 2.75) is 25.3 Å². The first kappa shape index (κ1) is 15.6. The van der Waals surface area contributed by atoms with Crippen LogP contribution in [0.5, 0.6) is 0 Å². The highest BCUT2D eigenvalue weighted by Crippen LogP contribution is 2.37. The topological polar surface area (TPSA) is 59.8 Å². The fraction of sp³-hybridized carbons (Fsp3) is 0.250. The molecule has 1 aromatic carbocycles. The van der Waals surface area contributed by atoms with E-state index in [0.717, 1.165) is 18.7 Å². The Labute approximate surface area is 146 Å². The maximum absolute atomic E-state index is 12.7. The van der Waals surface area contributed by atoms with E-state index < -0.39 is 0 Å². The maximum atomic E-state index is 12.7. The lowest BCUT2D eigenvalue weighted by atomic mass is 9.77. The van der Waals surface area contributed by atoms with E-state index >= 15 is 0 Å². The number of hydrogen-bond acceptors (Lipinski definition) is 3. The van der Waals surface area contributed by atoms with Crippen molar-refractivity contribution in [2.24, 2.45) is 5.92 Å². The predicted molar refractivity (Wildman–Crippen MR) is 95.3 cm³/mol. The average Bonchev–Trinajstić information content (AvgIpc) is 3.15. The van der Waals surface area contributed by atoms with E-state index in [4.69, 9.17) is 0 Å². The second-order valence-corrected chi connectivity index (χ2v) is 6.43. The van der Waals surface area contributed by atoms with E-state index in [-0.39, 0.29) is 11.9 Å². The number of aromatic nitrogens is 3. The van der Waals surface area contributed by atoms with Gasteiger partial charge in [-0.3, -0.25) is 9.36 Å². The summed E-state index contributed by atoms with van der Waals surface area (Å²) in [6.45, 7) is 0. The molecule has 1 aliphatic carbocycles. The summed E-state index contributed by atoms with van der Waals surface area (Å²) in [4.78, 5) is 21.1. The summed E-state index contributed by atoms with van der Waals surface area (Å²) < 4.78 is 1.81. The Morgan fingerprint density at radius 2 is 2.00 bits per heavy atom. The lowest BCUT2D eigenvalue weighted by Crippen LogP contribution is -2.36. The summed E-state index contributed by atoms with van der Waals surface area (Å²) >= 11 is 0. The minimum Gasteiger partial charge on any atom is -0.345 e. The van der Waals surface area contributed by atoms with Crippen LogP contribution in [0.4, 0.5) is 0 Å². The fourth-order valence-electron chi connectivity index (χ4n) is 3.20. The van der Waals surface area contributed by atoms with E-state index in [0.29, 0.717) is 11.5 Å².